The van der Waals surface area contributed by atoms with Crippen LogP contribution in [-0.2, 0) is 4.79 Å². The van der Waals surface area contributed by atoms with Crippen LogP contribution >= 0.6 is 11.6 Å². The first kappa shape index (κ1) is 28.3. The van der Waals surface area contributed by atoms with Crippen molar-refractivity contribution in [3.63, 3.8) is 0 Å². The number of anilines is 4. The summed E-state index contributed by atoms with van der Waals surface area (Å²) in [4.78, 5) is 26.4. The Morgan fingerprint density at radius 3 is 2.58 bits per heavy atom. The lowest BCUT2D eigenvalue weighted by Crippen LogP contribution is -2.54. The number of aromatic nitrogens is 4. The molecule has 0 spiro atoms. The minimum absolute atomic E-state index is 0.0101. The van der Waals surface area contributed by atoms with Crippen molar-refractivity contribution in [1.29, 1.82) is 0 Å². The first-order valence-corrected chi connectivity index (χ1v) is 14.5. The van der Waals surface area contributed by atoms with E-state index in [0.29, 0.717) is 41.5 Å². The Morgan fingerprint density at radius 2 is 1.88 bits per heavy atom. The number of rotatable bonds is 7. The lowest BCUT2D eigenvalue weighted by molar-refractivity contribution is -0.140. The third-order valence-electron chi connectivity index (χ3n) is 8.04. The Hall–Kier alpha value is -3.24. The minimum atomic E-state index is -0.370. The Bertz CT molecular complexity index is 1350. The van der Waals surface area contributed by atoms with Crippen molar-refractivity contribution >= 4 is 40.8 Å². The van der Waals surface area contributed by atoms with Gasteiger partial charge in [0, 0.05) is 30.9 Å². The fourth-order valence-corrected chi connectivity index (χ4v) is 6.07. The van der Waals surface area contributed by atoms with Crippen molar-refractivity contribution in [3.05, 3.63) is 52.1 Å². The maximum absolute atomic E-state index is 15.3. The molecule has 2 aromatic heterocycles. The van der Waals surface area contributed by atoms with Gasteiger partial charge in [-0.2, -0.15) is 10.1 Å². The molecule has 3 aromatic rings. The zero-order valence-electron chi connectivity index (χ0n) is 23.6. The summed E-state index contributed by atoms with van der Waals surface area (Å²) >= 11 is 6.26. The van der Waals surface area contributed by atoms with Gasteiger partial charge in [-0.15, -0.1) is 0 Å². The summed E-state index contributed by atoms with van der Waals surface area (Å²) in [5.41, 5.74) is 3.17. The third kappa shape index (κ3) is 6.23. The first-order chi connectivity index (χ1) is 19.2. The highest BCUT2D eigenvalue weighted by Gasteiger charge is 2.35. The molecule has 1 amide bonds. The number of aryl methyl sites for hydroxylation is 2. The van der Waals surface area contributed by atoms with E-state index in [1.807, 2.05) is 24.8 Å². The summed E-state index contributed by atoms with van der Waals surface area (Å²) in [6.45, 7) is 10.6. The Morgan fingerprint density at radius 1 is 1.10 bits per heavy atom. The van der Waals surface area contributed by atoms with Crippen LogP contribution in [0.3, 0.4) is 0 Å². The van der Waals surface area contributed by atoms with Crippen LogP contribution in [0.25, 0.3) is 0 Å². The van der Waals surface area contributed by atoms with E-state index in [4.69, 9.17) is 11.6 Å². The molecule has 0 saturated carbocycles. The second kappa shape index (κ2) is 12.1. The summed E-state index contributed by atoms with van der Waals surface area (Å²) in [5.74, 6) is 1.25. The highest BCUT2D eigenvalue weighted by atomic mass is 35.5. The Kier molecular flexibility index (Phi) is 8.56. The number of H-pyrrole nitrogens is 1. The normalized spacial score (nSPS) is 18.8. The van der Waals surface area contributed by atoms with E-state index >= 15 is 4.39 Å². The van der Waals surface area contributed by atoms with Gasteiger partial charge in [-0.1, -0.05) is 18.0 Å². The van der Waals surface area contributed by atoms with Crippen molar-refractivity contribution in [2.24, 2.45) is 0 Å². The van der Waals surface area contributed by atoms with Gasteiger partial charge in [-0.3, -0.25) is 14.8 Å². The second-order valence-corrected chi connectivity index (χ2v) is 11.6. The highest BCUT2D eigenvalue weighted by molar-refractivity contribution is 6.32. The highest BCUT2D eigenvalue weighted by Crippen LogP contribution is 2.35. The molecular formula is C29H38ClFN8O. The summed E-state index contributed by atoms with van der Waals surface area (Å²) in [6.07, 6.45) is 6.32. The number of halogens is 2. The van der Waals surface area contributed by atoms with Crippen LogP contribution in [-0.4, -0.2) is 67.6 Å². The lowest BCUT2D eigenvalue weighted by Gasteiger charge is -2.42. The molecule has 9 nitrogen and oxygen atoms in total. The predicted molar refractivity (Wildman–Crippen MR) is 156 cm³/mol. The van der Waals surface area contributed by atoms with Crippen LogP contribution in [0.2, 0.25) is 5.02 Å². The zero-order chi connectivity index (χ0) is 28.4. The number of benzene rings is 1. The maximum Gasteiger partial charge on any atom is 0.239 e. The smallest absolute Gasteiger partial charge is 0.239 e. The summed E-state index contributed by atoms with van der Waals surface area (Å²) in [6, 6.07) is 5.59. The molecule has 1 unspecified atom stereocenters. The fraction of sp³-hybridized carbons (Fsp3) is 0.517. The molecule has 0 aliphatic carbocycles. The van der Waals surface area contributed by atoms with E-state index in [0.717, 1.165) is 55.5 Å². The largest absolute Gasteiger partial charge is 0.341 e. The van der Waals surface area contributed by atoms with E-state index in [9.17, 15) is 4.79 Å². The van der Waals surface area contributed by atoms with Crippen molar-refractivity contribution in [2.75, 3.05) is 30.3 Å². The summed E-state index contributed by atoms with van der Waals surface area (Å²) in [7, 11) is 0. The number of carbonyl (C=O) groups is 1. The number of aromatic amines is 1. The predicted octanol–water partition coefficient (Wildman–Crippen LogP) is 6.07. The van der Waals surface area contributed by atoms with Gasteiger partial charge in [0.2, 0.25) is 11.9 Å². The van der Waals surface area contributed by atoms with Gasteiger partial charge < -0.3 is 15.5 Å². The quantitative estimate of drug-likeness (QED) is 0.318. The number of nitrogens with zero attached hydrogens (tertiary/aromatic N) is 5. The standard InChI is InChI=1S/C29H38ClFN8O/c1-17(2)39-10-6-5-7-25(39)28(40)38-11-8-20(9-12-38)21-15-23(31)24(13-18(21)3)33-29-32-16-22(30)27(35-29)34-26-14-19(4)36-37-26/h13-17,20,25H,5-12H2,1-4H3,(H3,32,33,34,35,36,37). The number of carbonyl (C=O) groups excluding carboxylic acids is 1. The summed E-state index contributed by atoms with van der Waals surface area (Å²) < 4.78 is 15.3. The van der Waals surface area contributed by atoms with Crippen molar-refractivity contribution < 1.29 is 9.18 Å². The monoisotopic (exact) mass is 568 g/mol. The van der Waals surface area contributed by atoms with Crippen LogP contribution in [0.4, 0.5) is 27.7 Å². The Labute approximate surface area is 239 Å². The van der Waals surface area contributed by atoms with Gasteiger partial charge in [0.25, 0.3) is 0 Å². The Balaban J connectivity index is 1.24. The van der Waals surface area contributed by atoms with Crippen LogP contribution in [0.15, 0.2) is 24.4 Å². The van der Waals surface area contributed by atoms with E-state index in [-0.39, 0.29) is 29.6 Å². The molecule has 2 aliphatic heterocycles. The van der Waals surface area contributed by atoms with E-state index < -0.39 is 0 Å². The van der Waals surface area contributed by atoms with Gasteiger partial charge in [-0.25, -0.2) is 9.37 Å². The molecule has 4 heterocycles. The van der Waals surface area contributed by atoms with Gasteiger partial charge in [0.15, 0.2) is 11.6 Å². The van der Waals surface area contributed by atoms with E-state index in [1.165, 1.54) is 6.20 Å². The van der Waals surface area contributed by atoms with Crippen molar-refractivity contribution in [1.82, 2.24) is 30.0 Å². The minimum Gasteiger partial charge on any atom is -0.341 e. The third-order valence-corrected chi connectivity index (χ3v) is 8.31. The molecule has 1 aromatic carbocycles. The van der Waals surface area contributed by atoms with Crippen LogP contribution in [0.1, 0.15) is 68.7 Å². The molecule has 1 atom stereocenters. The van der Waals surface area contributed by atoms with E-state index in [2.05, 4.69) is 49.5 Å². The number of nitrogens with one attached hydrogen (secondary N) is 3. The molecule has 2 aliphatic rings. The molecule has 0 radical (unpaired) electrons. The summed E-state index contributed by atoms with van der Waals surface area (Å²) in [5, 5.41) is 13.3. The molecule has 0 bridgehead atoms. The van der Waals surface area contributed by atoms with Crippen LogP contribution in [0.5, 0.6) is 0 Å². The van der Waals surface area contributed by atoms with Crippen LogP contribution < -0.4 is 10.6 Å². The lowest BCUT2D eigenvalue weighted by atomic mass is 9.86. The molecule has 2 saturated heterocycles. The molecule has 3 N–H and O–H groups in total. The average molecular weight is 569 g/mol. The second-order valence-electron chi connectivity index (χ2n) is 11.2. The fourth-order valence-electron chi connectivity index (χ4n) is 5.93. The van der Waals surface area contributed by atoms with Gasteiger partial charge >= 0.3 is 0 Å². The SMILES string of the molecule is Cc1cc(Nc2nc(Nc3cc(C)c(C4CCN(C(=O)C5CCCCN5C(C)C)CC4)cc3F)ncc2Cl)n[nH]1. The number of amides is 1. The topological polar surface area (TPSA) is 102 Å². The molecule has 11 heteroatoms. The van der Waals surface area contributed by atoms with Crippen molar-refractivity contribution in [3.8, 4) is 0 Å². The molecular weight excluding hydrogens is 531 g/mol. The molecule has 214 valence electrons. The molecule has 5 rings (SSSR count). The maximum atomic E-state index is 15.3. The van der Waals surface area contributed by atoms with Crippen LogP contribution in [0, 0.1) is 19.7 Å². The van der Waals surface area contributed by atoms with E-state index in [1.54, 1.807) is 12.1 Å². The van der Waals surface area contributed by atoms with Gasteiger partial charge in [0.05, 0.1) is 17.9 Å². The molecule has 40 heavy (non-hydrogen) atoms. The number of likely N-dealkylation sites (tertiary alicyclic amines) is 2. The first-order valence-electron chi connectivity index (χ1n) is 14.1. The number of hydrogen-bond donors (Lipinski definition) is 3. The van der Waals surface area contributed by atoms with Crippen molar-refractivity contribution in [2.45, 2.75) is 77.8 Å². The van der Waals surface area contributed by atoms with Gasteiger partial charge in [0.1, 0.15) is 10.8 Å². The average Bonchev–Trinajstić information content (AvgIpc) is 3.36. The number of piperidine rings is 2. The number of hydrogen-bond acceptors (Lipinski definition) is 7. The zero-order valence-corrected chi connectivity index (χ0v) is 24.4. The molecule has 2 fully saturated rings. The van der Waals surface area contributed by atoms with Gasteiger partial charge in [-0.05, 0) is 89.1 Å².